The second kappa shape index (κ2) is 9.22. The quantitative estimate of drug-likeness (QED) is 0.520. The van der Waals surface area contributed by atoms with Crippen molar-refractivity contribution in [3.8, 4) is 11.4 Å². The highest BCUT2D eigenvalue weighted by atomic mass is 32.2. The van der Waals surface area contributed by atoms with Crippen LogP contribution < -0.4 is 15.4 Å². The molecule has 2 N–H and O–H groups in total. The van der Waals surface area contributed by atoms with Crippen LogP contribution >= 0.6 is 11.8 Å². The molecule has 31 heavy (non-hydrogen) atoms. The van der Waals surface area contributed by atoms with Gasteiger partial charge in [-0.2, -0.15) is 0 Å². The lowest BCUT2D eigenvalue weighted by molar-refractivity contribution is -0.114. The maximum absolute atomic E-state index is 12.4. The van der Waals surface area contributed by atoms with Crippen LogP contribution in [-0.2, 0) is 9.59 Å². The Balaban J connectivity index is 1.50. The molecule has 9 heteroatoms. The Labute approximate surface area is 184 Å². The monoisotopic (exact) mass is 437 g/mol. The van der Waals surface area contributed by atoms with Gasteiger partial charge < -0.3 is 15.4 Å². The fourth-order valence-corrected chi connectivity index (χ4v) is 3.91. The minimum absolute atomic E-state index is 0.131. The summed E-state index contributed by atoms with van der Waals surface area (Å²) in [6.45, 7) is 1.48. The molecule has 1 saturated carbocycles. The van der Waals surface area contributed by atoms with Gasteiger partial charge in [0, 0.05) is 24.2 Å². The van der Waals surface area contributed by atoms with E-state index in [2.05, 4.69) is 20.8 Å². The fraction of sp³-hybridized carbons (Fsp3) is 0.273. The van der Waals surface area contributed by atoms with Crippen molar-refractivity contribution in [2.45, 2.75) is 30.8 Å². The molecule has 0 unspecified atom stereocenters. The highest BCUT2D eigenvalue weighted by molar-refractivity contribution is 7.99. The third-order valence-corrected chi connectivity index (χ3v) is 5.66. The first-order chi connectivity index (χ1) is 15.0. The summed E-state index contributed by atoms with van der Waals surface area (Å²) in [7, 11) is 1.60. The summed E-state index contributed by atoms with van der Waals surface area (Å²) in [6.07, 6.45) is 2.15. The molecule has 1 aliphatic rings. The lowest BCUT2D eigenvalue weighted by atomic mass is 10.2. The Hall–Kier alpha value is -3.33. The van der Waals surface area contributed by atoms with Crippen LogP contribution in [0.3, 0.4) is 0 Å². The van der Waals surface area contributed by atoms with Crippen LogP contribution in [-0.4, -0.2) is 39.4 Å². The van der Waals surface area contributed by atoms with Crippen LogP contribution in [0, 0.1) is 0 Å². The van der Waals surface area contributed by atoms with Gasteiger partial charge in [0.1, 0.15) is 11.6 Å². The second-order valence-corrected chi connectivity index (χ2v) is 8.19. The predicted octanol–water partition coefficient (Wildman–Crippen LogP) is 3.84. The minimum Gasteiger partial charge on any atom is -0.497 e. The van der Waals surface area contributed by atoms with E-state index in [-0.39, 0.29) is 17.6 Å². The summed E-state index contributed by atoms with van der Waals surface area (Å²) in [4.78, 5) is 23.9. The summed E-state index contributed by atoms with van der Waals surface area (Å²) in [6, 6.07) is 14.7. The molecule has 160 valence electrons. The summed E-state index contributed by atoms with van der Waals surface area (Å²) in [5.74, 6) is 1.92. The molecule has 8 nitrogen and oxygen atoms in total. The molecule has 1 aromatic heterocycles. The van der Waals surface area contributed by atoms with Crippen molar-refractivity contribution in [3.63, 3.8) is 0 Å². The molecule has 3 aromatic rings. The zero-order valence-corrected chi connectivity index (χ0v) is 18.1. The van der Waals surface area contributed by atoms with Gasteiger partial charge in [-0.25, -0.2) is 0 Å². The molecule has 1 aliphatic carbocycles. The topological polar surface area (TPSA) is 98.1 Å². The van der Waals surface area contributed by atoms with Gasteiger partial charge in [0.15, 0.2) is 5.16 Å². The third-order valence-electron chi connectivity index (χ3n) is 4.73. The average molecular weight is 438 g/mol. The number of benzene rings is 2. The number of rotatable bonds is 8. The molecule has 0 spiro atoms. The van der Waals surface area contributed by atoms with Crippen molar-refractivity contribution < 1.29 is 14.3 Å². The van der Waals surface area contributed by atoms with Crippen LogP contribution in [0.5, 0.6) is 5.75 Å². The SMILES string of the molecule is COc1ccc(NC(=O)CSc2nnc(C3CC3)n2-c2cccc(NC(C)=O)c2)cc1. The van der Waals surface area contributed by atoms with Crippen LogP contribution in [0.15, 0.2) is 53.7 Å². The Kier molecular flexibility index (Phi) is 6.22. The van der Waals surface area contributed by atoms with E-state index < -0.39 is 0 Å². The standard InChI is InChI=1S/C22H23N5O3S/c1-14(28)23-17-4-3-5-18(12-17)27-21(15-6-7-15)25-26-22(27)31-13-20(29)24-16-8-10-19(30-2)11-9-16/h3-5,8-12,15H,6-7,13H2,1-2H3,(H,23,28)(H,24,29). The number of hydrogen-bond donors (Lipinski definition) is 2. The number of amides is 2. The van der Waals surface area contributed by atoms with E-state index in [9.17, 15) is 9.59 Å². The molecule has 1 fully saturated rings. The Morgan fingerprint density at radius 2 is 1.87 bits per heavy atom. The molecule has 0 bridgehead atoms. The van der Waals surface area contributed by atoms with Crippen molar-refractivity contribution in [1.82, 2.24) is 14.8 Å². The highest BCUT2D eigenvalue weighted by Crippen LogP contribution is 2.41. The number of anilines is 2. The first-order valence-electron chi connectivity index (χ1n) is 9.93. The minimum atomic E-state index is -0.135. The number of carbonyl (C=O) groups is 2. The normalized spacial score (nSPS) is 13.0. The van der Waals surface area contributed by atoms with Crippen LogP contribution in [0.25, 0.3) is 5.69 Å². The molecular weight excluding hydrogens is 414 g/mol. The Morgan fingerprint density at radius 3 is 2.55 bits per heavy atom. The van der Waals surface area contributed by atoms with Gasteiger partial charge in [-0.3, -0.25) is 14.2 Å². The van der Waals surface area contributed by atoms with Gasteiger partial charge in [-0.05, 0) is 55.3 Å². The number of ether oxygens (including phenoxy) is 1. The van der Waals surface area contributed by atoms with Crippen LogP contribution in [0.4, 0.5) is 11.4 Å². The smallest absolute Gasteiger partial charge is 0.234 e. The van der Waals surface area contributed by atoms with E-state index in [4.69, 9.17) is 4.74 Å². The largest absolute Gasteiger partial charge is 0.497 e. The number of thioether (sulfide) groups is 1. The Morgan fingerprint density at radius 1 is 1.10 bits per heavy atom. The number of nitrogens with one attached hydrogen (secondary N) is 2. The number of aromatic nitrogens is 3. The van der Waals surface area contributed by atoms with Gasteiger partial charge in [-0.15, -0.1) is 10.2 Å². The van der Waals surface area contributed by atoms with Crippen molar-refractivity contribution >= 4 is 35.0 Å². The molecule has 1 heterocycles. The lowest BCUT2D eigenvalue weighted by Gasteiger charge is -2.12. The summed E-state index contributed by atoms with van der Waals surface area (Å²) in [5.41, 5.74) is 2.26. The summed E-state index contributed by atoms with van der Waals surface area (Å²) in [5, 5.41) is 15.0. The lowest BCUT2D eigenvalue weighted by Crippen LogP contribution is -2.14. The van der Waals surface area contributed by atoms with Crippen molar-refractivity contribution in [2.24, 2.45) is 0 Å². The predicted molar refractivity (Wildman–Crippen MR) is 120 cm³/mol. The van der Waals surface area contributed by atoms with Gasteiger partial charge in [0.2, 0.25) is 11.8 Å². The molecule has 4 rings (SSSR count). The molecular formula is C22H23N5O3S. The zero-order valence-electron chi connectivity index (χ0n) is 17.3. The van der Waals surface area contributed by atoms with Crippen molar-refractivity contribution in [1.29, 1.82) is 0 Å². The first-order valence-corrected chi connectivity index (χ1v) is 10.9. The van der Waals surface area contributed by atoms with Crippen molar-refractivity contribution in [3.05, 3.63) is 54.4 Å². The van der Waals surface area contributed by atoms with E-state index >= 15 is 0 Å². The second-order valence-electron chi connectivity index (χ2n) is 7.25. The molecule has 2 aromatic carbocycles. The summed E-state index contributed by atoms with van der Waals surface area (Å²) < 4.78 is 7.11. The molecule has 0 atom stereocenters. The number of nitrogens with zero attached hydrogens (tertiary/aromatic N) is 3. The highest BCUT2D eigenvalue weighted by Gasteiger charge is 2.31. The van der Waals surface area contributed by atoms with Crippen LogP contribution in [0.2, 0.25) is 0 Å². The van der Waals surface area contributed by atoms with E-state index in [0.29, 0.717) is 22.4 Å². The van der Waals surface area contributed by atoms with Crippen LogP contribution in [0.1, 0.15) is 31.5 Å². The molecule has 0 radical (unpaired) electrons. The summed E-state index contributed by atoms with van der Waals surface area (Å²) >= 11 is 1.33. The maximum Gasteiger partial charge on any atom is 0.234 e. The number of hydrogen-bond acceptors (Lipinski definition) is 6. The third kappa shape index (κ3) is 5.24. The van der Waals surface area contributed by atoms with E-state index in [1.807, 2.05) is 28.8 Å². The van der Waals surface area contributed by atoms with E-state index in [1.165, 1.54) is 18.7 Å². The number of carbonyl (C=O) groups excluding carboxylic acids is 2. The zero-order chi connectivity index (χ0) is 21.8. The Bertz CT molecular complexity index is 1090. The number of methoxy groups -OCH3 is 1. The van der Waals surface area contributed by atoms with Gasteiger partial charge in [0.05, 0.1) is 18.6 Å². The maximum atomic E-state index is 12.4. The first kappa shape index (κ1) is 20.9. The average Bonchev–Trinajstić information content (AvgIpc) is 3.51. The van der Waals surface area contributed by atoms with Gasteiger partial charge in [0.25, 0.3) is 0 Å². The molecule has 2 amide bonds. The fourth-order valence-electron chi connectivity index (χ4n) is 3.15. The molecule has 0 aliphatic heterocycles. The van der Waals surface area contributed by atoms with E-state index in [1.54, 1.807) is 31.4 Å². The van der Waals surface area contributed by atoms with Crippen molar-refractivity contribution in [2.75, 3.05) is 23.5 Å². The van der Waals surface area contributed by atoms with Gasteiger partial charge >= 0.3 is 0 Å². The van der Waals surface area contributed by atoms with E-state index in [0.717, 1.165) is 30.1 Å². The van der Waals surface area contributed by atoms with Gasteiger partial charge in [-0.1, -0.05) is 17.8 Å². The molecule has 0 saturated heterocycles.